The summed E-state index contributed by atoms with van der Waals surface area (Å²) >= 11 is 0. The van der Waals surface area contributed by atoms with Gasteiger partial charge in [-0.3, -0.25) is 4.79 Å². The predicted molar refractivity (Wildman–Crippen MR) is 134 cm³/mol. The highest BCUT2D eigenvalue weighted by Gasteiger charge is 2.36. The normalized spacial score (nSPS) is 27.1. The maximum Gasteiger partial charge on any atom is 0.258 e. The number of hydrogen-bond acceptors (Lipinski definition) is 5. The fraction of sp³-hybridized carbons (Fsp3) is 0.556. The van der Waals surface area contributed by atoms with Gasteiger partial charge in [-0.15, -0.1) is 0 Å². The van der Waals surface area contributed by atoms with Crippen molar-refractivity contribution in [2.45, 2.75) is 87.4 Å². The van der Waals surface area contributed by atoms with Gasteiger partial charge in [-0.25, -0.2) is 18.1 Å². The zero-order valence-corrected chi connectivity index (χ0v) is 21.0. The highest BCUT2D eigenvalue weighted by Crippen LogP contribution is 2.36. The summed E-state index contributed by atoms with van der Waals surface area (Å²) < 4.78 is 34.0. The van der Waals surface area contributed by atoms with Gasteiger partial charge in [0.1, 0.15) is 5.75 Å². The molecular weight excluding hydrogens is 462 g/mol. The molecule has 0 spiro atoms. The Morgan fingerprint density at radius 1 is 0.914 bits per heavy atom. The van der Waals surface area contributed by atoms with Crippen molar-refractivity contribution < 1.29 is 17.9 Å². The fourth-order valence-electron chi connectivity index (χ4n) is 6.00. The van der Waals surface area contributed by atoms with Crippen LogP contribution in [0.1, 0.15) is 74.6 Å². The van der Waals surface area contributed by atoms with Gasteiger partial charge in [0, 0.05) is 30.4 Å². The number of piperidine rings is 1. The number of carbonyl (C=O) groups excluding carboxylic acids is 1. The SMILES string of the molecule is O=C(c1ccc(O[C@H]2CC[C@@H](NS(=O)(=O)c3ccccn3)CC2)cc1)N1CCCC2CCCCC21. The lowest BCUT2D eigenvalue weighted by atomic mass is 9.78. The lowest BCUT2D eigenvalue weighted by Gasteiger charge is -2.44. The topological polar surface area (TPSA) is 88.6 Å². The minimum Gasteiger partial charge on any atom is -0.490 e. The Morgan fingerprint density at radius 2 is 1.66 bits per heavy atom. The van der Waals surface area contributed by atoms with Crippen LogP contribution in [-0.4, -0.2) is 48.9 Å². The summed E-state index contributed by atoms with van der Waals surface area (Å²) in [6.45, 7) is 0.867. The number of pyridine rings is 1. The van der Waals surface area contributed by atoms with Crippen molar-refractivity contribution in [3.05, 3.63) is 54.2 Å². The molecule has 5 rings (SSSR count). The Balaban J connectivity index is 1.13. The molecule has 3 fully saturated rings. The quantitative estimate of drug-likeness (QED) is 0.633. The summed E-state index contributed by atoms with van der Waals surface area (Å²) in [5.41, 5.74) is 0.733. The second-order valence-electron chi connectivity index (χ2n) is 10.2. The van der Waals surface area contributed by atoms with Gasteiger partial charge in [0.2, 0.25) is 0 Å². The van der Waals surface area contributed by atoms with E-state index in [0.29, 0.717) is 24.8 Å². The molecule has 2 unspecified atom stereocenters. The van der Waals surface area contributed by atoms with E-state index in [1.54, 1.807) is 12.1 Å². The third kappa shape index (κ3) is 5.70. The molecule has 2 aromatic rings. The monoisotopic (exact) mass is 497 g/mol. The molecule has 2 atom stereocenters. The van der Waals surface area contributed by atoms with Crippen molar-refractivity contribution >= 4 is 15.9 Å². The number of nitrogens with zero attached hydrogens (tertiary/aromatic N) is 2. The molecular formula is C27H35N3O4S. The average Bonchev–Trinajstić information content (AvgIpc) is 2.90. The number of fused-ring (bicyclic) bond motifs is 1. The van der Waals surface area contributed by atoms with Crippen molar-refractivity contribution in [2.24, 2.45) is 5.92 Å². The van der Waals surface area contributed by atoms with Crippen molar-refractivity contribution in [3.8, 4) is 5.75 Å². The van der Waals surface area contributed by atoms with Crippen LogP contribution in [0.25, 0.3) is 0 Å². The first kappa shape index (κ1) is 24.3. The zero-order valence-electron chi connectivity index (χ0n) is 20.1. The van der Waals surface area contributed by atoms with E-state index in [9.17, 15) is 13.2 Å². The van der Waals surface area contributed by atoms with E-state index in [0.717, 1.165) is 43.5 Å². The summed E-state index contributed by atoms with van der Waals surface area (Å²) in [6, 6.07) is 12.7. The molecule has 2 heterocycles. The summed E-state index contributed by atoms with van der Waals surface area (Å²) in [5, 5.41) is 0.0524. The minimum atomic E-state index is -3.60. The van der Waals surface area contributed by atoms with E-state index in [2.05, 4.69) is 14.6 Å². The summed E-state index contributed by atoms with van der Waals surface area (Å²) in [7, 11) is -3.60. The van der Waals surface area contributed by atoms with E-state index >= 15 is 0 Å². The van der Waals surface area contributed by atoms with Gasteiger partial charge in [0.25, 0.3) is 15.9 Å². The first-order valence-electron chi connectivity index (χ1n) is 13.0. The Morgan fingerprint density at radius 3 is 2.40 bits per heavy atom. The lowest BCUT2D eigenvalue weighted by molar-refractivity contribution is 0.0390. The molecule has 188 valence electrons. The second kappa shape index (κ2) is 10.7. The minimum absolute atomic E-state index is 0.0391. The highest BCUT2D eigenvalue weighted by molar-refractivity contribution is 7.89. The average molecular weight is 498 g/mol. The molecule has 2 aliphatic carbocycles. The molecule has 8 heteroatoms. The van der Waals surface area contributed by atoms with Gasteiger partial charge in [-0.1, -0.05) is 18.9 Å². The van der Waals surface area contributed by atoms with Crippen molar-refractivity contribution in [1.29, 1.82) is 0 Å². The number of nitrogens with one attached hydrogen (secondary N) is 1. The number of ether oxygens (including phenoxy) is 1. The molecule has 2 saturated carbocycles. The van der Waals surface area contributed by atoms with Gasteiger partial charge < -0.3 is 9.64 Å². The molecule has 7 nitrogen and oxygen atoms in total. The Hall–Kier alpha value is -2.45. The fourth-order valence-corrected chi connectivity index (χ4v) is 7.25. The maximum absolute atomic E-state index is 13.2. The van der Waals surface area contributed by atoms with Crippen molar-refractivity contribution in [1.82, 2.24) is 14.6 Å². The predicted octanol–water partition coefficient (Wildman–Crippen LogP) is 4.54. The van der Waals surface area contributed by atoms with Crippen molar-refractivity contribution in [3.63, 3.8) is 0 Å². The number of likely N-dealkylation sites (tertiary alicyclic amines) is 1. The van der Waals surface area contributed by atoms with Crippen LogP contribution in [0, 0.1) is 5.92 Å². The van der Waals surface area contributed by atoms with Crippen LogP contribution in [0.2, 0.25) is 0 Å². The van der Waals surface area contributed by atoms with Crippen LogP contribution >= 0.6 is 0 Å². The van der Waals surface area contributed by atoms with Gasteiger partial charge in [0.05, 0.1) is 6.10 Å². The van der Waals surface area contributed by atoms with Crippen LogP contribution in [0.15, 0.2) is 53.7 Å². The molecule has 3 aliphatic rings. The van der Waals surface area contributed by atoms with E-state index < -0.39 is 10.0 Å². The zero-order chi connectivity index (χ0) is 24.3. The number of rotatable bonds is 6. The van der Waals surface area contributed by atoms with E-state index in [1.807, 2.05) is 24.3 Å². The van der Waals surface area contributed by atoms with E-state index in [1.165, 1.54) is 37.9 Å². The first-order chi connectivity index (χ1) is 17.0. The number of benzene rings is 1. The third-order valence-corrected chi connectivity index (χ3v) is 9.25. The van der Waals surface area contributed by atoms with Crippen molar-refractivity contribution in [2.75, 3.05) is 6.54 Å². The summed E-state index contributed by atoms with van der Waals surface area (Å²) in [5.74, 6) is 1.58. The van der Waals surface area contributed by atoms with Crippen LogP contribution in [0.5, 0.6) is 5.75 Å². The molecule has 1 aromatic heterocycles. The van der Waals surface area contributed by atoms with Crippen LogP contribution in [0.4, 0.5) is 0 Å². The number of carbonyl (C=O) groups is 1. The van der Waals surface area contributed by atoms with E-state index in [4.69, 9.17) is 4.74 Å². The van der Waals surface area contributed by atoms with Gasteiger partial charge in [-0.2, -0.15) is 0 Å². The highest BCUT2D eigenvalue weighted by atomic mass is 32.2. The van der Waals surface area contributed by atoms with E-state index in [-0.39, 0.29) is 23.1 Å². The summed E-state index contributed by atoms with van der Waals surface area (Å²) in [6.07, 6.45) is 11.8. The molecule has 1 amide bonds. The van der Waals surface area contributed by atoms with Gasteiger partial charge in [0.15, 0.2) is 5.03 Å². The molecule has 0 bridgehead atoms. The van der Waals surface area contributed by atoms with Crippen LogP contribution in [0.3, 0.4) is 0 Å². The molecule has 1 aliphatic heterocycles. The number of amides is 1. The smallest absolute Gasteiger partial charge is 0.258 e. The number of aromatic nitrogens is 1. The summed E-state index contributed by atoms with van der Waals surface area (Å²) in [4.78, 5) is 19.3. The van der Waals surface area contributed by atoms with Gasteiger partial charge in [-0.05, 0) is 93.7 Å². The molecule has 35 heavy (non-hydrogen) atoms. The molecule has 1 saturated heterocycles. The standard InChI is InChI=1S/C27H35N3O4S/c31-27(30-19-5-7-20-6-1-2-8-25(20)30)21-10-14-23(15-11-21)34-24-16-12-22(13-17-24)29-35(32,33)26-9-3-4-18-28-26/h3-4,9-11,14-15,18,20,22,24-25,29H,1-2,5-8,12-13,16-17,19H2/t20?,22-,24+,25?. The van der Waals surface area contributed by atoms with Gasteiger partial charge >= 0.3 is 0 Å². The lowest BCUT2D eigenvalue weighted by Crippen LogP contribution is -2.49. The number of hydrogen-bond donors (Lipinski definition) is 1. The maximum atomic E-state index is 13.2. The number of sulfonamides is 1. The first-order valence-corrected chi connectivity index (χ1v) is 14.5. The molecule has 1 aromatic carbocycles. The molecule has 0 radical (unpaired) electrons. The second-order valence-corrected chi connectivity index (χ2v) is 11.8. The third-order valence-electron chi connectivity index (χ3n) is 7.82. The van der Waals surface area contributed by atoms with Crippen LogP contribution < -0.4 is 9.46 Å². The molecule has 1 N–H and O–H groups in total. The Bertz CT molecular complexity index is 1100. The Kier molecular flexibility index (Phi) is 7.39. The largest absolute Gasteiger partial charge is 0.490 e. The Labute approximate surface area is 208 Å². The van der Waals surface area contributed by atoms with Crippen LogP contribution in [-0.2, 0) is 10.0 Å².